The molecule has 2 atom stereocenters. The van der Waals surface area contributed by atoms with Gasteiger partial charge in [0.25, 0.3) is 5.91 Å². The molecule has 3 aliphatic rings. The van der Waals surface area contributed by atoms with Crippen molar-refractivity contribution in [2.45, 2.75) is 30.1 Å². The zero-order valence-electron chi connectivity index (χ0n) is 16.4. The SMILES string of the molecule is O=C1NC2C=C(c3cc(C4CC4)ccc3Cl)SC2C(=O)N1c1cncc2ccccc12. The Balaban J connectivity index is 1.35. The van der Waals surface area contributed by atoms with E-state index in [2.05, 4.69) is 22.4 Å². The zero-order valence-corrected chi connectivity index (χ0v) is 18.0. The summed E-state index contributed by atoms with van der Waals surface area (Å²) in [4.78, 5) is 32.8. The van der Waals surface area contributed by atoms with Gasteiger partial charge in [-0.05, 0) is 42.5 Å². The van der Waals surface area contributed by atoms with Gasteiger partial charge in [-0.2, -0.15) is 0 Å². The number of aromatic nitrogens is 1. The predicted octanol–water partition coefficient (Wildman–Crippen LogP) is 5.35. The van der Waals surface area contributed by atoms with Crippen LogP contribution in [0.25, 0.3) is 15.7 Å². The Morgan fingerprint density at radius 1 is 1.10 bits per heavy atom. The smallest absolute Gasteiger partial charge is 0.329 e. The molecular weight excluding hydrogens is 430 g/mol. The number of anilines is 1. The molecular formula is C24H18ClN3O2S. The molecule has 3 amide bonds. The lowest BCUT2D eigenvalue weighted by atomic mass is 10.0. The molecule has 3 aromatic rings. The van der Waals surface area contributed by atoms with Crippen molar-refractivity contribution in [2.75, 3.05) is 4.90 Å². The van der Waals surface area contributed by atoms with Crippen LogP contribution in [0, 0.1) is 0 Å². The number of hydrogen-bond donors (Lipinski definition) is 1. The average molecular weight is 448 g/mol. The van der Waals surface area contributed by atoms with Crippen molar-refractivity contribution in [3.05, 3.63) is 77.1 Å². The van der Waals surface area contributed by atoms with Gasteiger partial charge in [-0.1, -0.05) is 41.9 Å². The lowest BCUT2D eigenvalue weighted by molar-refractivity contribution is -0.118. The van der Waals surface area contributed by atoms with E-state index in [1.54, 1.807) is 12.4 Å². The number of nitrogens with zero attached hydrogens (tertiary/aromatic N) is 2. The van der Waals surface area contributed by atoms with Crippen molar-refractivity contribution < 1.29 is 9.59 Å². The zero-order chi connectivity index (χ0) is 21.1. The minimum absolute atomic E-state index is 0.238. The second-order valence-electron chi connectivity index (χ2n) is 8.11. The third kappa shape index (κ3) is 3.13. The van der Waals surface area contributed by atoms with Crippen LogP contribution in [0.1, 0.15) is 29.9 Å². The summed E-state index contributed by atoms with van der Waals surface area (Å²) in [6.45, 7) is 0. The second kappa shape index (κ2) is 7.11. The summed E-state index contributed by atoms with van der Waals surface area (Å²) in [6.07, 6.45) is 7.68. The third-order valence-corrected chi connectivity index (χ3v) is 7.75. The van der Waals surface area contributed by atoms with Gasteiger partial charge in [-0.25, -0.2) is 9.69 Å². The van der Waals surface area contributed by atoms with Crippen molar-refractivity contribution in [2.24, 2.45) is 0 Å². The first-order chi connectivity index (χ1) is 15.1. The summed E-state index contributed by atoms with van der Waals surface area (Å²) in [5.41, 5.74) is 2.72. The maximum Gasteiger partial charge on any atom is 0.329 e. The van der Waals surface area contributed by atoms with Crippen molar-refractivity contribution in [3.8, 4) is 0 Å². The summed E-state index contributed by atoms with van der Waals surface area (Å²) in [5, 5.41) is 4.91. The molecule has 1 N–H and O–H groups in total. The second-order valence-corrected chi connectivity index (χ2v) is 9.70. The number of carbonyl (C=O) groups is 2. The maximum absolute atomic E-state index is 13.5. The van der Waals surface area contributed by atoms with Crippen LogP contribution in [0.5, 0.6) is 0 Å². The molecule has 6 rings (SSSR count). The van der Waals surface area contributed by atoms with Gasteiger partial charge in [0, 0.05) is 32.5 Å². The van der Waals surface area contributed by atoms with Crippen LogP contribution in [-0.4, -0.2) is 28.2 Å². The summed E-state index contributed by atoms with van der Waals surface area (Å²) in [6, 6.07) is 13.0. The minimum Gasteiger partial charge on any atom is -0.329 e. The molecule has 0 spiro atoms. The Hall–Kier alpha value is -2.83. The Morgan fingerprint density at radius 2 is 1.94 bits per heavy atom. The number of urea groups is 1. The average Bonchev–Trinajstić information content (AvgIpc) is 3.54. The van der Waals surface area contributed by atoms with E-state index in [4.69, 9.17) is 11.6 Å². The van der Waals surface area contributed by atoms with E-state index in [0.29, 0.717) is 16.6 Å². The van der Waals surface area contributed by atoms with Crippen LogP contribution in [0.2, 0.25) is 5.02 Å². The van der Waals surface area contributed by atoms with Crippen LogP contribution >= 0.6 is 23.4 Å². The number of nitrogens with one attached hydrogen (secondary N) is 1. The number of rotatable bonds is 3. The van der Waals surface area contributed by atoms with E-state index in [1.165, 1.54) is 35.1 Å². The first-order valence-electron chi connectivity index (χ1n) is 10.3. The van der Waals surface area contributed by atoms with Crippen molar-refractivity contribution in [1.29, 1.82) is 0 Å². The van der Waals surface area contributed by atoms with E-state index in [0.717, 1.165) is 21.2 Å². The number of fused-ring (bicyclic) bond motifs is 2. The van der Waals surface area contributed by atoms with Gasteiger partial charge in [0.2, 0.25) is 0 Å². The molecule has 5 nitrogen and oxygen atoms in total. The predicted molar refractivity (Wildman–Crippen MR) is 124 cm³/mol. The van der Waals surface area contributed by atoms with Crippen LogP contribution in [0.15, 0.2) is 60.9 Å². The molecule has 3 heterocycles. The number of halogens is 1. The third-order valence-electron chi connectivity index (χ3n) is 6.06. The topological polar surface area (TPSA) is 62.3 Å². The van der Waals surface area contributed by atoms with E-state index in [-0.39, 0.29) is 11.9 Å². The quantitative estimate of drug-likeness (QED) is 0.588. The molecule has 154 valence electrons. The van der Waals surface area contributed by atoms with E-state index < -0.39 is 11.3 Å². The number of carbonyl (C=O) groups excluding carboxylic acids is 2. The molecule has 0 bridgehead atoms. The summed E-state index contributed by atoms with van der Waals surface area (Å²) in [5.74, 6) is 0.374. The minimum atomic E-state index is -0.438. The van der Waals surface area contributed by atoms with Crippen LogP contribution in [-0.2, 0) is 4.79 Å². The summed E-state index contributed by atoms with van der Waals surface area (Å²) < 4.78 is 0. The highest BCUT2D eigenvalue weighted by molar-refractivity contribution is 8.09. The fourth-order valence-electron chi connectivity index (χ4n) is 4.32. The molecule has 2 aliphatic heterocycles. The van der Waals surface area contributed by atoms with Crippen molar-refractivity contribution in [1.82, 2.24) is 10.3 Å². The molecule has 31 heavy (non-hydrogen) atoms. The van der Waals surface area contributed by atoms with E-state index >= 15 is 0 Å². The fraction of sp³-hybridized carbons (Fsp3) is 0.208. The molecule has 1 aromatic heterocycles. The highest BCUT2D eigenvalue weighted by Crippen LogP contribution is 2.47. The summed E-state index contributed by atoms with van der Waals surface area (Å²) >= 11 is 7.98. The molecule has 1 aliphatic carbocycles. The molecule has 2 aromatic carbocycles. The van der Waals surface area contributed by atoms with Gasteiger partial charge in [-0.3, -0.25) is 9.78 Å². The number of hydrogen-bond acceptors (Lipinski definition) is 4. The Morgan fingerprint density at radius 3 is 2.77 bits per heavy atom. The van der Waals surface area contributed by atoms with Gasteiger partial charge in [0.05, 0.1) is 17.9 Å². The molecule has 7 heteroatoms. The Kier molecular flexibility index (Phi) is 4.33. The number of pyridine rings is 1. The first kappa shape index (κ1) is 18.9. The van der Waals surface area contributed by atoms with E-state index in [1.807, 2.05) is 36.4 Å². The van der Waals surface area contributed by atoms with Crippen LogP contribution in [0.4, 0.5) is 10.5 Å². The number of thioether (sulfide) groups is 1. The lowest BCUT2D eigenvalue weighted by Crippen LogP contribution is -2.60. The monoisotopic (exact) mass is 447 g/mol. The molecule has 2 fully saturated rings. The van der Waals surface area contributed by atoms with Crippen molar-refractivity contribution in [3.63, 3.8) is 0 Å². The van der Waals surface area contributed by atoms with Gasteiger partial charge in [-0.15, -0.1) is 11.8 Å². The first-order valence-corrected chi connectivity index (χ1v) is 11.5. The summed E-state index contributed by atoms with van der Waals surface area (Å²) in [7, 11) is 0. The Bertz CT molecular complexity index is 1280. The molecule has 1 saturated carbocycles. The van der Waals surface area contributed by atoms with Crippen LogP contribution in [0.3, 0.4) is 0 Å². The fourth-order valence-corrected chi connectivity index (χ4v) is 5.89. The number of imide groups is 1. The van der Waals surface area contributed by atoms with E-state index in [9.17, 15) is 9.59 Å². The molecule has 2 unspecified atom stereocenters. The largest absolute Gasteiger partial charge is 0.329 e. The highest BCUT2D eigenvalue weighted by Gasteiger charge is 2.46. The van der Waals surface area contributed by atoms with Crippen LogP contribution < -0.4 is 10.2 Å². The molecule has 0 radical (unpaired) electrons. The van der Waals surface area contributed by atoms with Gasteiger partial charge >= 0.3 is 6.03 Å². The Labute approximate surface area is 188 Å². The number of amides is 3. The number of benzene rings is 2. The maximum atomic E-state index is 13.5. The van der Waals surface area contributed by atoms with Crippen molar-refractivity contribution >= 4 is 56.7 Å². The standard InChI is InChI=1S/C24H18ClN3O2S/c25-18-8-7-14(13-5-6-13)9-17(18)21-10-19-22(31-21)23(29)28(24(30)27-19)20-12-26-11-15-3-1-2-4-16(15)20/h1-4,7-13,19,22H,5-6H2,(H,27,30). The highest BCUT2D eigenvalue weighted by atomic mass is 35.5. The van der Waals surface area contributed by atoms with Gasteiger partial charge in [0.15, 0.2) is 0 Å². The van der Waals surface area contributed by atoms with Gasteiger partial charge in [0.1, 0.15) is 5.25 Å². The normalized spacial score (nSPS) is 23.0. The molecule has 1 saturated heterocycles. The van der Waals surface area contributed by atoms with Gasteiger partial charge < -0.3 is 5.32 Å². The lowest BCUT2D eigenvalue weighted by Gasteiger charge is -2.33.